The third-order valence-electron chi connectivity index (χ3n) is 7.28. The van der Waals surface area contributed by atoms with E-state index in [-0.39, 0.29) is 0 Å². The molecule has 7 rings (SSSR count). The fourth-order valence-corrected chi connectivity index (χ4v) is 5.42. The summed E-state index contributed by atoms with van der Waals surface area (Å²) in [5.74, 6) is 0. The molecule has 0 fully saturated rings. The van der Waals surface area contributed by atoms with Crippen molar-refractivity contribution in [3.8, 4) is 22.3 Å². The fraction of sp³-hybridized carbons (Fsp3) is 0. The van der Waals surface area contributed by atoms with Gasteiger partial charge in [0, 0.05) is 11.4 Å². The van der Waals surface area contributed by atoms with E-state index in [0.29, 0.717) is 0 Å². The number of anilines is 2. The molecular formula is C34H24N2. The van der Waals surface area contributed by atoms with Crippen LogP contribution in [0.25, 0.3) is 65.3 Å². The minimum absolute atomic E-state index is 0.781. The van der Waals surface area contributed by atoms with Crippen LogP contribution in [-0.2, 0) is 0 Å². The average molecular weight is 461 g/mol. The van der Waals surface area contributed by atoms with Crippen LogP contribution in [0.1, 0.15) is 0 Å². The third kappa shape index (κ3) is 3.27. The Bertz CT molecular complexity index is 1790. The lowest BCUT2D eigenvalue weighted by Gasteiger charge is -2.13. The molecule has 0 unspecified atom stereocenters. The van der Waals surface area contributed by atoms with E-state index in [4.69, 9.17) is 11.5 Å². The van der Waals surface area contributed by atoms with Crippen molar-refractivity contribution in [2.75, 3.05) is 11.5 Å². The summed E-state index contributed by atoms with van der Waals surface area (Å²) in [6.07, 6.45) is 0. The zero-order valence-corrected chi connectivity index (χ0v) is 19.7. The van der Waals surface area contributed by atoms with Crippen LogP contribution in [0, 0.1) is 0 Å². The van der Waals surface area contributed by atoms with Gasteiger partial charge in [0.25, 0.3) is 0 Å². The van der Waals surface area contributed by atoms with Gasteiger partial charge in [0.1, 0.15) is 0 Å². The summed E-state index contributed by atoms with van der Waals surface area (Å²) in [7, 11) is 0. The number of benzene rings is 7. The maximum Gasteiger partial charge on any atom is 0.0314 e. The summed E-state index contributed by atoms with van der Waals surface area (Å²) in [6.45, 7) is 0. The van der Waals surface area contributed by atoms with Crippen molar-refractivity contribution in [3.05, 3.63) is 121 Å². The van der Waals surface area contributed by atoms with Gasteiger partial charge in [-0.05, 0) is 102 Å². The highest BCUT2D eigenvalue weighted by molar-refractivity contribution is 6.27. The van der Waals surface area contributed by atoms with Gasteiger partial charge < -0.3 is 11.5 Å². The van der Waals surface area contributed by atoms with Crippen molar-refractivity contribution in [1.29, 1.82) is 0 Å². The molecule has 0 saturated carbocycles. The van der Waals surface area contributed by atoms with Gasteiger partial charge >= 0.3 is 0 Å². The van der Waals surface area contributed by atoms with E-state index in [2.05, 4.69) is 97.1 Å². The van der Waals surface area contributed by atoms with Crippen LogP contribution in [-0.4, -0.2) is 0 Å². The standard InChI is InChI=1S/C34H24N2/c35-29-13-7-21(8-14-29)25-11-17-31-27(19-25)5-3-23-1-2-24-4-6-28-20-26(22-9-15-30(36)16-10-22)12-18-32(28)34(24)33(23)31/h1-20H,35-36H2. The molecule has 36 heavy (non-hydrogen) atoms. The molecule has 0 aliphatic carbocycles. The molecular weight excluding hydrogens is 436 g/mol. The molecule has 0 atom stereocenters. The molecule has 170 valence electrons. The second kappa shape index (κ2) is 7.86. The quantitative estimate of drug-likeness (QED) is 0.200. The molecule has 0 aromatic heterocycles. The van der Waals surface area contributed by atoms with Crippen LogP contribution >= 0.6 is 0 Å². The SMILES string of the molecule is Nc1ccc(-c2ccc3c(ccc4ccc5ccc6cc(-c7ccc(N)cc7)ccc6c5c43)c2)cc1. The first kappa shape index (κ1) is 20.5. The Labute approximate surface area is 209 Å². The summed E-state index contributed by atoms with van der Waals surface area (Å²) in [5.41, 5.74) is 18.1. The van der Waals surface area contributed by atoms with Crippen LogP contribution in [0.3, 0.4) is 0 Å². The molecule has 0 aliphatic heterocycles. The smallest absolute Gasteiger partial charge is 0.0314 e. The van der Waals surface area contributed by atoms with E-state index in [1.165, 1.54) is 65.3 Å². The van der Waals surface area contributed by atoms with Gasteiger partial charge in [-0.2, -0.15) is 0 Å². The van der Waals surface area contributed by atoms with Crippen LogP contribution in [0.4, 0.5) is 11.4 Å². The lowest BCUT2D eigenvalue weighted by atomic mass is 9.91. The molecule has 0 aliphatic rings. The Balaban J connectivity index is 1.48. The number of nitrogens with two attached hydrogens (primary N) is 2. The summed E-state index contributed by atoms with van der Waals surface area (Å²) in [4.78, 5) is 0. The second-order valence-corrected chi connectivity index (χ2v) is 9.51. The van der Waals surface area contributed by atoms with Gasteiger partial charge in [-0.25, -0.2) is 0 Å². The highest BCUT2D eigenvalue weighted by atomic mass is 14.5. The van der Waals surface area contributed by atoms with Crippen molar-refractivity contribution in [1.82, 2.24) is 0 Å². The maximum atomic E-state index is 5.90. The number of hydrogen-bond donors (Lipinski definition) is 2. The van der Waals surface area contributed by atoms with E-state index in [1.807, 2.05) is 24.3 Å². The third-order valence-corrected chi connectivity index (χ3v) is 7.28. The average Bonchev–Trinajstić information content (AvgIpc) is 2.92. The van der Waals surface area contributed by atoms with Crippen molar-refractivity contribution in [2.24, 2.45) is 0 Å². The minimum atomic E-state index is 0.781. The zero-order valence-electron chi connectivity index (χ0n) is 19.7. The minimum Gasteiger partial charge on any atom is -0.399 e. The number of nitrogen functional groups attached to an aromatic ring is 2. The van der Waals surface area contributed by atoms with Gasteiger partial charge in [-0.3, -0.25) is 0 Å². The first-order chi connectivity index (χ1) is 17.6. The first-order valence-corrected chi connectivity index (χ1v) is 12.2. The Hall–Kier alpha value is -4.82. The Morgan fingerprint density at radius 1 is 0.306 bits per heavy atom. The zero-order chi connectivity index (χ0) is 24.2. The molecule has 0 bridgehead atoms. The van der Waals surface area contributed by atoms with Crippen LogP contribution in [0.15, 0.2) is 121 Å². The van der Waals surface area contributed by atoms with E-state index in [9.17, 15) is 0 Å². The molecule has 0 radical (unpaired) electrons. The van der Waals surface area contributed by atoms with Gasteiger partial charge in [-0.15, -0.1) is 0 Å². The lowest BCUT2D eigenvalue weighted by molar-refractivity contribution is 1.64. The fourth-order valence-electron chi connectivity index (χ4n) is 5.42. The Morgan fingerprint density at radius 2 is 0.639 bits per heavy atom. The Morgan fingerprint density at radius 3 is 1.03 bits per heavy atom. The van der Waals surface area contributed by atoms with Gasteiger partial charge in [-0.1, -0.05) is 84.9 Å². The molecule has 7 aromatic rings. The summed E-state index contributed by atoms with van der Waals surface area (Å²) < 4.78 is 0. The number of hydrogen-bond acceptors (Lipinski definition) is 2. The van der Waals surface area contributed by atoms with Crippen molar-refractivity contribution in [2.45, 2.75) is 0 Å². The molecule has 2 nitrogen and oxygen atoms in total. The largest absolute Gasteiger partial charge is 0.399 e. The summed E-state index contributed by atoms with van der Waals surface area (Å²) >= 11 is 0. The molecule has 7 aromatic carbocycles. The predicted molar refractivity (Wildman–Crippen MR) is 156 cm³/mol. The molecule has 0 amide bonds. The maximum absolute atomic E-state index is 5.90. The summed E-state index contributed by atoms with van der Waals surface area (Å²) in [6, 6.07) is 43.1. The van der Waals surface area contributed by atoms with E-state index in [0.717, 1.165) is 11.4 Å². The van der Waals surface area contributed by atoms with Gasteiger partial charge in [0.2, 0.25) is 0 Å². The van der Waals surface area contributed by atoms with E-state index in [1.54, 1.807) is 0 Å². The van der Waals surface area contributed by atoms with E-state index < -0.39 is 0 Å². The predicted octanol–water partition coefficient (Wildman–Crippen LogP) is 8.80. The normalized spacial score (nSPS) is 11.6. The topological polar surface area (TPSA) is 52.0 Å². The molecule has 0 saturated heterocycles. The van der Waals surface area contributed by atoms with Crippen LogP contribution < -0.4 is 11.5 Å². The molecule has 0 spiro atoms. The molecule has 2 heteroatoms. The van der Waals surface area contributed by atoms with Crippen LogP contribution in [0.5, 0.6) is 0 Å². The van der Waals surface area contributed by atoms with E-state index >= 15 is 0 Å². The van der Waals surface area contributed by atoms with Gasteiger partial charge in [0.15, 0.2) is 0 Å². The number of rotatable bonds is 2. The van der Waals surface area contributed by atoms with Crippen molar-refractivity contribution < 1.29 is 0 Å². The highest BCUT2D eigenvalue weighted by Gasteiger charge is 2.11. The lowest BCUT2D eigenvalue weighted by Crippen LogP contribution is -1.87. The Kier molecular flexibility index (Phi) is 4.49. The van der Waals surface area contributed by atoms with Gasteiger partial charge in [0.05, 0.1) is 0 Å². The first-order valence-electron chi connectivity index (χ1n) is 12.2. The van der Waals surface area contributed by atoms with Crippen molar-refractivity contribution in [3.63, 3.8) is 0 Å². The number of fused-ring (bicyclic) bond motifs is 7. The van der Waals surface area contributed by atoms with Crippen LogP contribution in [0.2, 0.25) is 0 Å². The second-order valence-electron chi connectivity index (χ2n) is 9.51. The van der Waals surface area contributed by atoms with Crippen molar-refractivity contribution >= 4 is 54.5 Å². The molecule has 4 N–H and O–H groups in total. The summed E-state index contributed by atoms with van der Waals surface area (Å²) in [5, 5.41) is 10.1. The monoisotopic (exact) mass is 460 g/mol. The molecule has 0 heterocycles. The highest BCUT2D eigenvalue weighted by Crippen LogP contribution is 2.38.